The molecule has 1 aromatic carbocycles. The number of morpholine rings is 1. The number of nitriles is 1. The van der Waals surface area contributed by atoms with Crippen LogP contribution in [-0.4, -0.2) is 60.6 Å². The predicted octanol–water partition coefficient (Wildman–Crippen LogP) is 2.04. The van der Waals surface area contributed by atoms with Gasteiger partial charge in [0.1, 0.15) is 12.1 Å². The highest BCUT2D eigenvalue weighted by molar-refractivity contribution is 5.86. The van der Waals surface area contributed by atoms with Crippen molar-refractivity contribution in [3.05, 3.63) is 35.4 Å². The maximum absolute atomic E-state index is 12.6. The summed E-state index contributed by atoms with van der Waals surface area (Å²) >= 11 is 0. The molecule has 0 saturated carbocycles. The molecule has 1 N–H and O–H groups in total. The monoisotopic (exact) mass is 370 g/mol. The molecule has 2 aliphatic heterocycles. The van der Waals surface area contributed by atoms with E-state index in [4.69, 9.17) is 10.00 Å². The van der Waals surface area contributed by atoms with E-state index >= 15 is 0 Å². The Hall–Kier alpha value is -2.59. The van der Waals surface area contributed by atoms with Gasteiger partial charge in [-0.25, -0.2) is 4.79 Å². The Bertz CT molecular complexity index is 724. The molecule has 1 aromatic rings. The van der Waals surface area contributed by atoms with Crippen LogP contribution in [0.15, 0.2) is 24.3 Å². The van der Waals surface area contributed by atoms with Crippen molar-refractivity contribution in [2.24, 2.45) is 0 Å². The smallest absolute Gasteiger partial charge is 0.318 e. The minimum Gasteiger partial charge on any atom is -0.370 e. The van der Waals surface area contributed by atoms with Gasteiger partial charge < -0.3 is 19.9 Å². The molecule has 1 unspecified atom stereocenters. The largest absolute Gasteiger partial charge is 0.370 e. The van der Waals surface area contributed by atoms with Gasteiger partial charge in [-0.05, 0) is 43.9 Å². The molecule has 3 rings (SSSR count). The molecule has 3 amide bonds. The lowest BCUT2D eigenvalue weighted by Crippen LogP contribution is -2.54. The fraction of sp³-hybridized carbons (Fsp3) is 0.550. The van der Waals surface area contributed by atoms with Gasteiger partial charge in [0.2, 0.25) is 5.91 Å². The first-order valence-corrected chi connectivity index (χ1v) is 9.54. The maximum atomic E-state index is 12.6. The number of nitrogens with one attached hydrogen (secondary N) is 1. The molecule has 7 nitrogen and oxygen atoms in total. The van der Waals surface area contributed by atoms with Gasteiger partial charge in [0, 0.05) is 19.6 Å². The Balaban J connectivity index is 1.57. The van der Waals surface area contributed by atoms with E-state index in [-0.39, 0.29) is 18.0 Å². The average molecular weight is 370 g/mol. The average Bonchev–Trinajstić information content (AvgIpc) is 2.73. The van der Waals surface area contributed by atoms with E-state index in [0.717, 1.165) is 37.9 Å². The topological polar surface area (TPSA) is 85.7 Å². The van der Waals surface area contributed by atoms with Crippen molar-refractivity contribution in [1.82, 2.24) is 15.1 Å². The molecule has 7 heteroatoms. The minimum absolute atomic E-state index is 0.0189. The number of hydrogen-bond acceptors (Lipinski definition) is 4. The van der Waals surface area contributed by atoms with E-state index in [2.05, 4.69) is 11.4 Å². The van der Waals surface area contributed by atoms with Crippen LogP contribution in [0.4, 0.5) is 4.79 Å². The van der Waals surface area contributed by atoms with Crippen LogP contribution in [0, 0.1) is 11.3 Å². The Morgan fingerprint density at radius 2 is 2.00 bits per heavy atom. The van der Waals surface area contributed by atoms with E-state index < -0.39 is 6.04 Å². The first kappa shape index (κ1) is 19.2. The van der Waals surface area contributed by atoms with E-state index in [1.54, 1.807) is 24.0 Å². The number of piperidine rings is 1. The lowest BCUT2D eigenvalue weighted by atomic mass is 10.1. The molecule has 0 aliphatic carbocycles. The van der Waals surface area contributed by atoms with Crippen LogP contribution in [0.1, 0.15) is 43.4 Å². The number of urea groups is 1. The van der Waals surface area contributed by atoms with Gasteiger partial charge in [-0.15, -0.1) is 0 Å². The Kier molecular flexibility index (Phi) is 6.30. The normalized spacial score (nSPS) is 21.3. The summed E-state index contributed by atoms with van der Waals surface area (Å²) in [5.41, 5.74) is 1.45. The fourth-order valence-electron chi connectivity index (χ4n) is 3.57. The molecule has 144 valence electrons. The van der Waals surface area contributed by atoms with Crippen molar-refractivity contribution in [2.75, 3.05) is 32.8 Å². The number of hydrogen-bond donors (Lipinski definition) is 1. The highest BCUT2D eigenvalue weighted by Gasteiger charge is 2.29. The zero-order valence-corrected chi connectivity index (χ0v) is 15.7. The van der Waals surface area contributed by atoms with E-state index in [0.29, 0.717) is 25.3 Å². The molecule has 2 atom stereocenters. The Morgan fingerprint density at radius 3 is 2.74 bits per heavy atom. The summed E-state index contributed by atoms with van der Waals surface area (Å²) in [4.78, 5) is 28.7. The van der Waals surface area contributed by atoms with Crippen molar-refractivity contribution >= 4 is 11.9 Å². The van der Waals surface area contributed by atoms with Gasteiger partial charge in [0.05, 0.1) is 24.8 Å². The Labute approximate surface area is 159 Å². The van der Waals surface area contributed by atoms with Gasteiger partial charge in [0.15, 0.2) is 0 Å². The second kappa shape index (κ2) is 8.87. The number of ether oxygens (including phenoxy) is 1. The van der Waals surface area contributed by atoms with Crippen molar-refractivity contribution < 1.29 is 14.3 Å². The zero-order valence-electron chi connectivity index (χ0n) is 15.7. The predicted molar refractivity (Wildman–Crippen MR) is 99.8 cm³/mol. The molecular weight excluding hydrogens is 344 g/mol. The summed E-state index contributed by atoms with van der Waals surface area (Å²) in [6.45, 7) is 4.57. The number of nitrogens with zero attached hydrogens (tertiary/aromatic N) is 3. The van der Waals surface area contributed by atoms with Crippen molar-refractivity contribution in [3.8, 4) is 6.07 Å². The second-order valence-electron chi connectivity index (χ2n) is 7.10. The molecule has 2 fully saturated rings. The van der Waals surface area contributed by atoms with Crippen molar-refractivity contribution in [3.63, 3.8) is 0 Å². The first-order valence-electron chi connectivity index (χ1n) is 9.54. The highest BCUT2D eigenvalue weighted by atomic mass is 16.5. The minimum atomic E-state index is -0.543. The number of carbonyl (C=O) groups is 2. The first-order chi connectivity index (χ1) is 13.1. The zero-order chi connectivity index (χ0) is 19.2. The fourth-order valence-corrected chi connectivity index (χ4v) is 3.57. The number of amides is 3. The molecule has 0 radical (unpaired) electrons. The van der Waals surface area contributed by atoms with Gasteiger partial charge in [0.25, 0.3) is 0 Å². The van der Waals surface area contributed by atoms with Crippen molar-refractivity contribution in [1.29, 1.82) is 5.26 Å². The summed E-state index contributed by atoms with van der Waals surface area (Å²) < 4.78 is 5.79. The summed E-state index contributed by atoms with van der Waals surface area (Å²) in [5.74, 6) is -0.0189. The van der Waals surface area contributed by atoms with Gasteiger partial charge >= 0.3 is 6.03 Å². The molecule has 2 saturated heterocycles. The SMILES string of the molecule is C[C@H](NC(=O)N1CCOC(c2cccc(C#N)c2)C1)C(=O)N1CCCCC1. The summed E-state index contributed by atoms with van der Waals surface area (Å²) in [6, 6.07) is 8.56. The number of carbonyl (C=O) groups excluding carboxylic acids is 2. The third-order valence-electron chi connectivity index (χ3n) is 5.12. The Morgan fingerprint density at radius 1 is 1.22 bits per heavy atom. The van der Waals surface area contributed by atoms with Crippen molar-refractivity contribution in [2.45, 2.75) is 38.3 Å². The lowest BCUT2D eigenvalue weighted by Gasteiger charge is -2.35. The molecule has 0 bridgehead atoms. The van der Waals surface area contributed by atoms with Crippen LogP contribution in [0.3, 0.4) is 0 Å². The van der Waals surface area contributed by atoms with E-state index in [1.165, 1.54) is 0 Å². The van der Waals surface area contributed by atoms with Crippen LogP contribution in [-0.2, 0) is 9.53 Å². The van der Waals surface area contributed by atoms with E-state index in [9.17, 15) is 9.59 Å². The van der Waals surface area contributed by atoms with E-state index in [1.807, 2.05) is 17.0 Å². The van der Waals surface area contributed by atoms with Gasteiger partial charge in [-0.1, -0.05) is 12.1 Å². The lowest BCUT2D eigenvalue weighted by molar-refractivity contribution is -0.133. The molecule has 0 aromatic heterocycles. The number of likely N-dealkylation sites (tertiary alicyclic amines) is 1. The quantitative estimate of drug-likeness (QED) is 0.882. The van der Waals surface area contributed by atoms with Gasteiger partial charge in [-0.2, -0.15) is 5.26 Å². The van der Waals surface area contributed by atoms with Crippen LogP contribution >= 0.6 is 0 Å². The highest BCUT2D eigenvalue weighted by Crippen LogP contribution is 2.23. The standard InChI is InChI=1S/C20H26N4O3/c1-15(19(25)23-8-3-2-4-9-23)22-20(26)24-10-11-27-18(14-24)17-7-5-6-16(12-17)13-21/h5-7,12,15,18H,2-4,8-11,14H2,1H3,(H,22,26)/t15-,18?/m0/s1. The maximum Gasteiger partial charge on any atom is 0.318 e. The van der Waals surface area contributed by atoms with Crippen LogP contribution in [0.5, 0.6) is 0 Å². The number of rotatable bonds is 3. The third kappa shape index (κ3) is 4.77. The van der Waals surface area contributed by atoms with Crippen LogP contribution < -0.4 is 5.32 Å². The molecule has 2 aliphatic rings. The molecule has 27 heavy (non-hydrogen) atoms. The second-order valence-corrected chi connectivity index (χ2v) is 7.10. The molecule has 0 spiro atoms. The van der Waals surface area contributed by atoms with Crippen LogP contribution in [0.25, 0.3) is 0 Å². The molecule has 2 heterocycles. The summed E-state index contributed by atoms with van der Waals surface area (Å²) in [5, 5.41) is 11.9. The van der Waals surface area contributed by atoms with Crippen LogP contribution in [0.2, 0.25) is 0 Å². The summed E-state index contributed by atoms with van der Waals surface area (Å²) in [7, 11) is 0. The number of benzene rings is 1. The summed E-state index contributed by atoms with van der Waals surface area (Å²) in [6.07, 6.45) is 2.94. The van der Waals surface area contributed by atoms with Gasteiger partial charge in [-0.3, -0.25) is 4.79 Å². The third-order valence-corrected chi connectivity index (χ3v) is 5.12. The molecular formula is C20H26N4O3.